The molecule has 1 saturated heterocycles. The number of aromatic nitrogens is 1. The summed E-state index contributed by atoms with van der Waals surface area (Å²) >= 11 is 0. The molecule has 1 aliphatic rings. The van der Waals surface area contributed by atoms with Crippen molar-refractivity contribution in [2.75, 3.05) is 6.54 Å². The molecule has 70 valence electrons. The van der Waals surface area contributed by atoms with Gasteiger partial charge in [0.2, 0.25) is 5.89 Å². The van der Waals surface area contributed by atoms with Crippen molar-refractivity contribution in [3.8, 4) is 0 Å². The van der Waals surface area contributed by atoms with Crippen molar-refractivity contribution in [3.63, 3.8) is 0 Å². The highest BCUT2D eigenvalue weighted by molar-refractivity contribution is 5.72. The maximum absolute atomic E-state index is 11.0. The lowest BCUT2D eigenvalue weighted by Crippen LogP contribution is -2.35. The molecule has 13 heavy (non-hydrogen) atoms. The van der Waals surface area contributed by atoms with Crippen LogP contribution in [0.2, 0.25) is 0 Å². The second-order valence-corrected chi connectivity index (χ2v) is 3.06. The highest BCUT2D eigenvalue weighted by Crippen LogP contribution is 2.30. The first-order valence-electron chi connectivity index (χ1n) is 4.24. The van der Waals surface area contributed by atoms with Crippen molar-refractivity contribution in [3.05, 3.63) is 18.4 Å². The molecular weight excluding hydrogens is 170 g/mol. The second kappa shape index (κ2) is 3.08. The molecule has 2 rings (SSSR count). The van der Waals surface area contributed by atoms with E-state index >= 15 is 0 Å². The molecule has 1 aromatic heterocycles. The maximum atomic E-state index is 11.0. The number of carbonyl (C=O) groups is 1. The highest BCUT2D eigenvalue weighted by atomic mass is 16.3. The second-order valence-electron chi connectivity index (χ2n) is 3.06. The number of hydrogen-bond donors (Lipinski definition) is 1. The molecule has 0 bridgehead atoms. The molecule has 5 heteroatoms. The van der Waals surface area contributed by atoms with E-state index in [9.17, 15) is 4.79 Å². The fourth-order valence-electron chi connectivity index (χ4n) is 1.69. The van der Waals surface area contributed by atoms with Gasteiger partial charge in [-0.15, -0.1) is 0 Å². The van der Waals surface area contributed by atoms with Crippen LogP contribution in [-0.4, -0.2) is 22.5 Å². The smallest absolute Gasteiger partial charge is 0.315 e. The first-order chi connectivity index (χ1) is 6.29. The Bertz CT molecular complexity index is 296. The van der Waals surface area contributed by atoms with Crippen LogP contribution in [0.15, 0.2) is 16.9 Å². The van der Waals surface area contributed by atoms with E-state index in [1.165, 1.54) is 6.26 Å². The van der Waals surface area contributed by atoms with Gasteiger partial charge in [0.15, 0.2) is 0 Å². The number of rotatable bonds is 1. The van der Waals surface area contributed by atoms with E-state index in [1.807, 2.05) is 0 Å². The molecule has 0 radical (unpaired) electrons. The van der Waals surface area contributed by atoms with E-state index in [2.05, 4.69) is 4.98 Å². The van der Waals surface area contributed by atoms with Gasteiger partial charge in [0.25, 0.3) is 0 Å². The van der Waals surface area contributed by atoms with Crippen molar-refractivity contribution >= 4 is 6.03 Å². The topological polar surface area (TPSA) is 72.4 Å². The van der Waals surface area contributed by atoms with Gasteiger partial charge in [-0.2, -0.15) is 0 Å². The molecule has 1 aromatic rings. The number of hydrogen-bond acceptors (Lipinski definition) is 3. The first-order valence-corrected chi connectivity index (χ1v) is 4.24. The third-order valence-corrected chi connectivity index (χ3v) is 2.27. The van der Waals surface area contributed by atoms with Crippen LogP contribution in [0.5, 0.6) is 0 Å². The maximum Gasteiger partial charge on any atom is 0.315 e. The Morgan fingerprint density at radius 3 is 3.23 bits per heavy atom. The first kappa shape index (κ1) is 8.10. The van der Waals surface area contributed by atoms with Gasteiger partial charge in [-0.05, 0) is 12.8 Å². The van der Waals surface area contributed by atoms with Crippen LogP contribution < -0.4 is 5.73 Å². The summed E-state index contributed by atoms with van der Waals surface area (Å²) in [6.07, 6.45) is 4.92. The zero-order valence-corrected chi connectivity index (χ0v) is 7.14. The number of primary amides is 1. The zero-order valence-electron chi connectivity index (χ0n) is 7.14. The van der Waals surface area contributed by atoms with Crippen molar-refractivity contribution in [2.24, 2.45) is 5.73 Å². The Hall–Kier alpha value is -1.52. The number of likely N-dealkylation sites (tertiary alicyclic amines) is 1. The summed E-state index contributed by atoms with van der Waals surface area (Å²) < 4.78 is 5.14. The minimum Gasteiger partial charge on any atom is -0.447 e. The number of nitrogens with two attached hydrogens (primary N) is 1. The van der Waals surface area contributed by atoms with E-state index in [1.54, 1.807) is 11.1 Å². The van der Waals surface area contributed by atoms with Crippen molar-refractivity contribution in [2.45, 2.75) is 18.9 Å². The van der Waals surface area contributed by atoms with E-state index < -0.39 is 6.03 Å². The van der Waals surface area contributed by atoms with E-state index in [-0.39, 0.29) is 6.04 Å². The molecule has 2 N–H and O–H groups in total. The molecule has 0 saturated carbocycles. The summed E-state index contributed by atoms with van der Waals surface area (Å²) in [5, 5.41) is 0. The molecule has 1 fully saturated rings. The Labute approximate surface area is 75.5 Å². The average Bonchev–Trinajstić information content (AvgIpc) is 2.74. The predicted molar refractivity (Wildman–Crippen MR) is 44.8 cm³/mol. The molecule has 2 heterocycles. The lowest BCUT2D eigenvalue weighted by Gasteiger charge is -2.19. The van der Waals surface area contributed by atoms with Crippen LogP contribution in [0.4, 0.5) is 4.79 Å². The molecular formula is C8H11N3O2. The van der Waals surface area contributed by atoms with Crippen LogP contribution in [0, 0.1) is 0 Å². The van der Waals surface area contributed by atoms with Crippen molar-refractivity contribution < 1.29 is 9.21 Å². The molecule has 5 nitrogen and oxygen atoms in total. The zero-order chi connectivity index (χ0) is 9.26. The number of amides is 2. The average molecular weight is 181 g/mol. The van der Waals surface area contributed by atoms with Crippen LogP contribution in [0.3, 0.4) is 0 Å². The fraction of sp³-hybridized carbons (Fsp3) is 0.500. The normalized spacial score (nSPS) is 22.2. The summed E-state index contributed by atoms with van der Waals surface area (Å²) in [6, 6.07) is -0.465. The quantitative estimate of drug-likeness (QED) is 0.699. The molecule has 0 spiro atoms. The number of oxazole rings is 1. The summed E-state index contributed by atoms with van der Waals surface area (Å²) in [4.78, 5) is 16.6. The number of nitrogens with zero attached hydrogens (tertiary/aromatic N) is 2. The molecule has 0 aromatic carbocycles. The molecule has 1 atom stereocenters. The largest absolute Gasteiger partial charge is 0.447 e. The minimum absolute atomic E-state index is 0.0625. The van der Waals surface area contributed by atoms with Gasteiger partial charge in [-0.25, -0.2) is 9.78 Å². The van der Waals surface area contributed by atoms with Crippen LogP contribution in [0.1, 0.15) is 24.8 Å². The summed E-state index contributed by atoms with van der Waals surface area (Å²) in [6.45, 7) is 0.697. The van der Waals surface area contributed by atoms with Gasteiger partial charge < -0.3 is 15.1 Å². The van der Waals surface area contributed by atoms with E-state index in [0.29, 0.717) is 12.4 Å². The lowest BCUT2D eigenvalue weighted by molar-refractivity contribution is 0.194. The summed E-state index contributed by atoms with van der Waals surface area (Å²) in [5.41, 5.74) is 5.21. The standard InChI is InChI=1S/C8H11N3O2/c9-8(12)11-4-1-2-6(11)7-10-3-5-13-7/h3,5-6H,1-2,4H2,(H2,9,12)/t6-/m0/s1. The number of carbonyl (C=O) groups excluding carboxylic acids is 1. The van der Waals surface area contributed by atoms with Gasteiger partial charge in [0, 0.05) is 6.54 Å². The summed E-state index contributed by atoms with van der Waals surface area (Å²) in [7, 11) is 0. The minimum atomic E-state index is -0.402. The van der Waals surface area contributed by atoms with Gasteiger partial charge >= 0.3 is 6.03 Å². The fourth-order valence-corrected chi connectivity index (χ4v) is 1.69. The van der Waals surface area contributed by atoms with Crippen LogP contribution in [-0.2, 0) is 0 Å². The Morgan fingerprint density at radius 1 is 1.77 bits per heavy atom. The van der Waals surface area contributed by atoms with Crippen molar-refractivity contribution in [1.29, 1.82) is 0 Å². The summed E-state index contributed by atoms with van der Waals surface area (Å²) in [5.74, 6) is 0.580. The van der Waals surface area contributed by atoms with Crippen molar-refractivity contribution in [1.82, 2.24) is 9.88 Å². The third-order valence-electron chi connectivity index (χ3n) is 2.27. The van der Waals surface area contributed by atoms with Gasteiger partial charge in [0.1, 0.15) is 12.3 Å². The Balaban J connectivity index is 2.19. The third kappa shape index (κ3) is 1.37. The SMILES string of the molecule is NC(=O)N1CCC[C@H]1c1ncco1. The number of urea groups is 1. The Kier molecular flexibility index (Phi) is 1.92. The van der Waals surface area contributed by atoms with Crippen LogP contribution in [0.25, 0.3) is 0 Å². The Morgan fingerprint density at radius 2 is 2.62 bits per heavy atom. The molecule has 2 amide bonds. The highest BCUT2D eigenvalue weighted by Gasteiger charge is 2.31. The molecule has 1 aliphatic heterocycles. The molecule has 0 unspecified atom stereocenters. The molecule has 0 aliphatic carbocycles. The van der Waals surface area contributed by atoms with E-state index in [0.717, 1.165) is 12.8 Å². The van der Waals surface area contributed by atoms with Crippen LogP contribution >= 0.6 is 0 Å². The monoisotopic (exact) mass is 181 g/mol. The van der Waals surface area contributed by atoms with Gasteiger partial charge in [-0.3, -0.25) is 0 Å². The van der Waals surface area contributed by atoms with E-state index in [4.69, 9.17) is 10.2 Å². The lowest BCUT2D eigenvalue weighted by atomic mass is 10.2. The van der Waals surface area contributed by atoms with Gasteiger partial charge in [-0.1, -0.05) is 0 Å². The van der Waals surface area contributed by atoms with Gasteiger partial charge in [0.05, 0.1) is 6.20 Å². The predicted octanol–water partition coefficient (Wildman–Crippen LogP) is 0.890.